The summed E-state index contributed by atoms with van der Waals surface area (Å²) in [6.45, 7) is 3.94. The third-order valence-corrected chi connectivity index (χ3v) is 6.79. The lowest BCUT2D eigenvalue weighted by molar-refractivity contribution is -0.143. The minimum absolute atomic E-state index is 0.0846. The van der Waals surface area contributed by atoms with Gasteiger partial charge in [-0.15, -0.1) is 0 Å². The number of carbonyl (C=O) groups excluding carboxylic acids is 1. The molecule has 2 amide bonds. The molecule has 1 saturated carbocycles. The van der Waals surface area contributed by atoms with E-state index < -0.39 is 11.9 Å². The summed E-state index contributed by atoms with van der Waals surface area (Å²) in [5.41, 5.74) is 0.124. The Bertz CT molecular complexity index is 462. The maximum absolute atomic E-state index is 12.5. The highest BCUT2D eigenvalue weighted by molar-refractivity contribution is 7.99. The Morgan fingerprint density at radius 1 is 1.12 bits per heavy atom. The molecule has 2 N–H and O–H groups in total. The molecule has 3 fully saturated rings. The lowest BCUT2D eigenvalue weighted by Crippen LogP contribution is -2.58. The lowest BCUT2D eigenvalue weighted by Gasteiger charge is -2.44. The second-order valence-corrected chi connectivity index (χ2v) is 8.54. The molecule has 0 radical (unpaired) electrons. The van der Waals surface area contributed by atoms with Crippen molar-refractivity contribution in [2.45, 2.75) is 44.1 Å². The van der Waals surface area contributed by atoms with E-state index in [1.807, 2.05) is 11.8 Å². The summed E-state index contributed by atoms with van der Waals surface area (Å²) in [5, 5.41) is 12.3. The smallest absolute Gasteiger partial charge is 0.317 e. The summed E-state index contributed by atoms with van der Waals surface area (Å²) in [4.78, 5) is 28.0. The van der Waals surface area contributed by atoms with Gasteiger partial charge < -0.3 is 15.3 Å². The zero-order valence-corrected chi connectivity index (χ0v) is 15.2. The standard InChI is InChI=1S/C17H29N3O3S/c21-15(22)14-4-3-7-19(12-14)16(23)18-13-17(5-1-2-6-17)20-8-10-24-11-9-20/h14H,1-13H2,(H,18,23)(H,21,22). The SMILES string of the molecule is O=C(O)C1CCCN(C(=O)NCC2(N3CCSCC3)CCCC2)C1. The molecule has 3 rings (SSSR count). The van der Waals surface area contributed by atoms with Gasteiger partial charge in [-0.1, -0.05) is 12.8 Å². The van der Waals surface area contributed by atoms with Crippen LogP contribution in [0.25, 0.3) is 0 Å². The van der Waals surface area contributed by atoms with Crippen molar-refractivity contribution in [2.24, 2.45) is 5.92 Å². The Labute approximate surface area is 148 Å². The number of likely N-dealkylation sites (tertiary alicyclic amines) is 1. The van der Waals surface area contributed by atoms with E-state index >= 15 is 0 Å². The summed E-state index contributed by atoms with van der Waals surface area (Å²) in [5.74, 6) is 1.17. The van der Waals surface area contributed by atoms with E-state index in [0.29, 0.717) is 26.1 Å². The van der Waals surface area contributed by atoms with E-state index in [2.05, 4.69) is 10.2 Å². The second kappa shape index (κ2) is 7.95. The zero-order chi connectivity index (χ0) is 17.0. The summed E-state index contributed by atoms with van der Waals surface area (Å²) in [6.07, 6.45) is 6.26. The molecule has 0 aromatic rings. The van der Waals surface area contributed by atoms with Gasteiger partial charge in [-0.2, -0.15) is 11.8 Å². The maximum atomic E-state index is 12.5. The van der Waals surface area contributed by atoms with Crippen LogP contribution in [0.4, 0.5) is 4.79 Å². The number of rotatable bonds is 4. The molecular weight excluding hydrogens is 326 g/mol. The summed E-state index contributed by atoms with van der Waals surface area (Å²) in [6, 6.07) is -0.0846. The minimum Gasteiger partial charge on any atom is -0.481 e. The van der Waals surface area contributed by atoms with Crippen molar-refractivity contribution in [3.63, 3.8) is 0 Å². The summed E-state index contributed by atoms with van der Waals surface area (Å²) < 4.78 is 0. The molecule has 1 aliphatic carbocycles. The van der Waals surface area contributed by atoms with Crippen molar-refractivity contribution in [3.8, 4) is 0 Å². The number of carboxylic acids is 1. The van der Waals surface area contributed by atoms with Crippen LogP contribution in [-0.4, -0.2) is 76.7 Å². The van der Waals surface area contributed by atoms with Crippen LogP contribution in [-0.2, 0) is 4.79 Å². The van der Waals surface area contributed by atoms with Gasteiger partial charge in [0.05, 0.1) is 5.92 Å². The molecule has 24 heavy (non-hydrogen) atoms. The highest BCUT2D eigenvalue weighted by Crippen LogP contribution is 2.36. The van der Waals surface area contributed by atoms with E-state index in [1.165, 1.54) is 24.3 Å². The van der Waals surface area contributed by atoms with Crippen molar-refractivity contribution in [3.05, 3.63) is 0 Å². The summed E-state index contributed by atoms with van der Waals surface area (Å²) >= 11 is 2.01. The molecule has 1 unspecified atom stereocenters. The van der Waals surface area contributed by atoms with Crippen molar-refractivity contribution in [2.75, 3.05) is 44.2 Å². The topological polar surface area (TPSA) is 72.9 Å². The van der Waals surface area contributed by atoms with Gasteiger partial charge in [0, 0.05) is 49.8 Å². The number of hydrogen-bond acceptors (Lipinski definition) is 4. The van der Waals surface area contributed by atoms with Crippen molar-refractivity contribution in [1.29, 1.82) is 0 Å². The fraction of sp³-hybridized carbons (Fsp3) is 0.882. The number of nitrogens with one attached hydrogen (secondary N) is 1. The molecule has 3 aliphatic rings. The number of nitrogens with zero attached hydrogens (tertiary/aromatic N) is 2. The second-order valence-electron chi connectivity index (χ2n) is 7.31. The van der Waals surface area contributed by atoms with Crippen LogP contribution >= 0.6 is 11.8 Å². The third-order valence-electron chi connectivity index (χ3n) is 5.84. The fourth-order valence-electron chi connectivity index (χ4n) is 4.39. The average molecular weight is 356 g/mol. The molecule has 2 saturated heterocycles. The monoisotopic (exact) mass is 355 g/mol. The Kier molecular flexibility index (Phi) is 5.92. The fourth-order valence-corrected chi connectivity index (χ4v) is 5.29. The van der Waals surface area contributed by atoms with Crippen molar-refractivity contribution in [1.82, 2.24) is 15.1 Å². The van der Waals surface area contributed by atoms with Gasteiger partial charge in [-0.05, 0) is 25.7 Å². The molecule has 6 nitrogen and oxygen atoms in total. The largest absolute Gasteiger partial charge is 0.481 e. The van der Waals surface area contributed by atoms with E-state index in [0.717, 1.165) is 32.4 Å². The predicted octanol–water partition coefficient (Wildman–Crippen LogP) is 1.85. The normalized spacial score (nSPS) is 27.8. The van der Waals surface area contributed by atoms with Crippen LogP contribution in [0.2, 0.25) is 0 Å². The number of thioether (sulfide) groups is 1. The van der Waals surface area contributed by atoms with E-state index in [1.54, 1.807) is 4.90 Å². The van der Waals surface area contributed by atoms with E-state index in [4.69, 9.17) is 0 Å². The minimum atomic E-state index is -0.787. The maximum Gasteiger partial charge on any atom is 0.317 e. The molecule has 0 aromatic carbocycles. The number of amides is 2. The van der Waals surface area contributed by atoms with E-state index in [9.17, 15) is 14.7 Å². The highest BCUT2D eigenvalue weighted by atomic mass is 32.2. The molecular formula is C17H29N3O3S. The number of urea groups is 1. The zero-order valence-electron chi connectivity index (χ0n) is 14.3. The van der Waals surface area contributed by atoms with Gasteiger partial charge >= 0.3 is 12.0 Å². The van der Waals surface area contributed by atoms with Gasteiger partial charge in [0.25, 0.3) is 0 Å². The molecule has 136 valence electrons. The summed E-state index contributed by atoms with van der Waals surface area (Å²) in [7, 11) is 0. The Balaban J connectivity index is 1.56. The molecule has 1 atom stereocenters. The third kappa shape index (κ3) is 3.99. The predicted molar refractivity (Wildman–Crippen MR) is 95.4 cm³/mol. The number of hydrogen-bond donors (Lipinski definition) is 2. The van der Waals surface area contributed by atoms with Crippen molar-refractivity contribution < 1.29 is 14.7 Å². The Morgan fingerprint density at radius 3 is 2.50 bits per heavy atom. The van der Waals surface area contributed by atoms with Crippen LogP contribution in [0.1, 0.15) is 38.5 Å². The Morgan fingerprint density at radius 2 is 1.83 bits per heavy atom. The molecule has 2 heterocycles. The first-order valence-electron chi connectivity index (χ1n) is 9.19. The number of carboxylic acid groups (broad SMARTS) is 1. The number of piperidine rings is 1. The lowest BCUT2D eigenvalue weighted by atomic mass is 9.94. The first-order valence-corrected chi connectivity index (χ1v) is 10.3. The molecule has 7 heteroatoms. The number of aliphatic carboxylic acids is 1. The first kappa shape index (κ1) is 17.9. The first-order chi connectivity index (χ1) is 11.6. The molecule has 0 aromatic heterocycles. The van der Waals surface area contributed by atoms with Gasteiger partial charge in [-0.3, -0.25) is 9.69 Å². The van der Waals surface area contributed by atoms with E-state index in [-0.39, 0.29) is 11.6 Å². The van der Waals surface area contributed by atoms with Crippen LogP contribution in [0, 0.1) is 5.92 Å². The van der Waals surface area contributed by atoms with Crippen LogP contribution < -0.4 is 5.32 Å². The average Bonchev–Trinajstić information content (AvgIpc) is 3.11. The van der Waals surface area contributed by atoms with Gasteiger partial charge in [0.15, 0.2) is 0 Å². The Hall–Kier alpha value is -0.950. The molecule has 2 aliphatic heterocycles. The number of carbonyl (C=O) groups is 2. The highest BCUT2D eigenvalue weighted by Gasteiger charge is 2.40. The van der Waals surface area contributed by atoms with Gasteiger partial charge in [0.2, 0.25) is 0 Å². The van der Waals surface area contributed by atoms with Crippen LogP contribution in [0.3, 0.4) is 0 Å². The molecule has 0 spiro atoms. The van der Waals surface area contributed by atoms with Crippen LogP contribution in [0.5, 0.6) is 0 Å². The quantitative estimate of drug-likeness (QED) is 0.805. The van der Waals surface area contributed by atoms with Crippen LogP contribution in [0.15, 0.2) is 0 Å². The van der Waals surface area contributed by atoms with Gasteiger partial charge in [0.1, 0.15) is 0 Å². The van der Waals surface area contributed by atoms with Crippen molar-refractivity contribution >= 4 is 23.8 Å². The molecule has 0 bridgehead atoms. The van der Waals surface area contributed by atoms with Gasteiger partial charge in [-0.25, -0.2) is 4.79 Å².